The highest BCUT2D eigenvalue weighted by atomic mass is 35.5. The number of aromatic nitrogens is 1. The molecule has 0 atom stereocenters. The van der Waals surface area contributed by atoms with Crippen molar-refractivity contribution in [2.75, 3.05) is 12.4 Å². The predicted octanol–water partition coefficient (Wildman–Crippen LogP) is 7.66. The molecule has 0 saturated carbocycles. The molecule has 0 radical (unpaired) electrons. The number of thiazole rings is 1. The third kappa shape index (κ3) is 6.22. The van der Waals surface area contributed by atoms with Crippen molar-refractivity contribution in [3.8, 4) is 22.8 Å². The number of nitrogens with zero attached hydrogens (tertiary/aromatic N) is 1. The van der Waals surface area contributed by atoms with Gasteiger partial charge in [0, 0.05) is 32.1 Å². The minimum Gasteiger partial charge on any atom is -0.493 e. The van der Waals surface area contributed by atoms with Gasteiger partial charge in [-0.3, -0.25) is 10.1 Å². The Morgan fingerprint density at radius 1 is 1.03 bits per heavy atom. The number of methoxy groups -OCH3 is 1. The van der Waals surface area contributed by atoms with Crippen LogP contribution in [0.15, 0.2) is 72.8 Å². The van der Waals surface area contributed by atoms with Crippen LogP contribution in [0.25, 0.3) is 17.3 Å². The molecule has 4 aromatic rings. The normalized spacial score (nSPS) is 11.0. The van der Waals surface area contributed by atoms with Gasteiger partial charge in [0.15, 0.2) is 16.6 Å². The van der Waals surface area contributed by atoms with Crippen molar-refractivity contribution in [3.63, 3.8) is 0 Å². The summed E-state index contributed by atoms with van der Waals surface area (Å²) in [5.41, 5.74) is 3.36. The number of halogens is 2. The van der Waals surface area contributed by atoms with Gasteiger partial charge in [-0.05, 0) is 42.8 Å². The van der Waals surface area contributed by atoms with Crippen LogP contribution in [0.5, 0.6) is 11.5 Å². The minimum absolute atomic E-state index is 0.199. The van der Waals surface area contributed by atoms with E-state index in [0.717, 1.165) is 21.7 Å². The number of hydrogen-bond acceptors (Lipinski definition) is 5. The quantitative estimate of drug-likeness (QED) is 0.240. The van der Waals surface area contributed by atoms with E-state index >= 15 is 0 Å². The van der Waals surface area contributed by atoms with E-state index in [2.05, 4.69) is 10.3 Å². The molecule has 0 aliphatic carbocycles. The van der Waals surface area contributed by atoms with E-state index in [0.29, 0.717) is 32.2 Å². The number of amides is 1. The van der Waals surface area contributed by atoms with Crippen LogP contribution in [0.1, 0.15) is 16.0 Å². The molecule has 178 valence electrons. The molecule has 8 heteroatoms. The van der Waals surface area contributed by atoms with E-state index in [4.69, 9.17) is 32.7 Å². The summed E-state index contributed by atoms with van der Waals surface area (Å²) in [6.45, 7) is 2.19. The number of rotatable bonds is 8. The van der Waals surface area contributed by atoms with Gasteiger partial charge < -0.3 is 9.47 Å². The first-order valence-corrected chi connectivity index (χ1v) is 12.3. The highest BCUT2D eigenvalue weighted by Gasteiger charge is 2.12. The number of hydrogen-bond donors (Lipinski definition) is 1. The van der Waals surface area contributed by atoms with E-state index in [9.17, 15) is 4.79 Å². The monoisotopic (exact) mass is 524 g/mol. The van der Waals surface area contributed by atoms with Crippen molar-refractivity contribution >= 4 is 51.7 Å². The number of nitrogens with one attached hydrogen (secondary N) is 1. The summed E-state index contributed by atoms with van der Waals surface area (Å²) in [7, 11) is 1.56. The largest absolute Gasteiger partial charge is 0.493 e. The van der Waals surface area contributed by atoms with Crippen molar-refractivity contribution in [2.24, 2.45) is 0 Å². The zero-order valence-corrected chi connectivity index (χ0v) is 21.4. The Morgan fingerprint density at radius 2 is 1.77 bits per heavy atom. The van der Waals surface area contributed by atoms with Crippen LogP contribution in [-0.4, -0.2) is 18.0 Å². The fraction of sp³-hybridized carbons (Fsp3) is 0.111. The van der Waals surface area contributed by atoms with Crippen LogP contribution < -0.4 is 14.8 Å². The molecular formula is C27H22Cl2N2O3S. The van der Waals surface area contributed by atoms with Crippen LogP contribution in [-0.2, 0) is 11.4 Å². The molecule has 0 spiro atoms. The second-order valence-corrected chi connectivity index (χ2v) is 9.53. The summed E-state index contributed by atoms with van der Waals surface area (Å²) in [5.74, 6) is 0.793. The summed E-state index contributed by atoms with van der Waals surface area (Å²) < 4.78 is 11.3. The zero-order valence-electron chi connectivity index (χ0n) is 19.0. The maximum atomic E-state index is 12.5. The molecule has 0 fully saturated rings. The Kier molecular flexibility index (Phi) is 8.08. The van der Waals surface area contributed by atoms with Crippen LogP contribution in [0.3, 0.4) is 0 Å². The molecule has 0 aliphatic heterocycles. The molecule has 1 amide bonds. The van der Waals surface area contributed by atoms with Crippen LogP contribution in [0, 0.1) is 6.92 Å². The number of carbonyl (C=O) groups is 1. The number of anilines is 1. The molecule has 0 aliphatic rings. The Morgan fingerprint density at radius 3 is 2.49 bits per heavy atom. The van der Waals surface area contributed by atoms with E-state index in [1.54, 1.807) is 43.5 Å². The third-order valence-electron chi connectivity index (χ3n) is 5.12. The molecule has 0 saturated heterocycles. The number of carbonyl (C=O) groups excluding carboxylic acids is 1. The summed E-state index contributed by atoms with van der Waals surface area (Å²) >= 11 is 13.9. The number of aryl methyl sites for hydroxylation is 1. The first-order chi connectivity index (χ1) is 16.9. The lowest BCUT2D eigenvalue weighted by molar-refractivity contribution is -0.111. The fourth-order valence-electron chi connectivity index (χ4n) is 3.36. The van der Waals surface area contributed by atoms with Crippen LogP contribution in [0.2, 0.25) is 10.0 Å². The van der Waals surface area contributed by atoms with Crippen molar-refractivity contribution in [3.05, 3.63) is 98.9 Å². The standard InChI is InChI=1S/C27H22Cl2N2O3S/c1-17-26(19-7-4-3-5-8-19)31-27(35-17)30-25(32)14-12-18-11-13-23(24(15-18)33-2)34-16-20-21(28)9-6-10-22(20)29/h3-15H,16H2,1-2H3,(H,30,31,32)/b14-12+. The summed E-state index contributed by atoms with van der Waals surface area (Å²) in [6, 6.07) is 20.6. The smallest absolute Gasteiger partial charge is 0.250 e. The lowest BCUT2D eigenvalue weighted by Gasteiger charge is -2.13. The SMILES string of the molecule is COc1cc(/C=C/C(=O)Nc2nc(-c3ccccc3)c(C)s2)ccc1OCc1c(Cl)cccc1Cl. The van der Waals surface area contributed by atoms with Gasteiger partial charge in [0.05, 0.1) is 12.8 Å². The summed E-state index contributed by atoms with van der Waals surface area (Å²) in [4.78, 5) is 18.1. The Balaban J connectivity index is 1.41. The molecule has 1 N–H and O–H groups in total. The van der Waals surface area contributed by atoms with Gasteiger partial charge >= 0.3 is 0 Å². The second-order valence-electron chi connectivity index (χ2n) is 7.51. The molecule has 3 aromatic carbocycles. The van der Waals surface area contributed by atoms with Gasteiger partial charge in [0.1, 0.15) is 6.61 Å². The molecule has 4 rings (SSSR count). The van der Waals surface area contributed by atoms with Gasteiger partial charge in [-0.25, -0.2) is 4.98 Å². The van der Waals surface area contributed by atoms with Gasteiger partial charge in [-0.1, -0.05) is 65.7 Å². The summed E-state index contributed by atoms with van der Waals surface area (Å²) in [5, 5.41) is 4.46. The van der Waals surface area contributed by atoms with Gasteiger partial charge in [0.25, 0.3) is 0 Å². The van der Waals surface area contributed by atoms with Crippen molar-refractivity contribution in [1.29, 1.82) is 0 Å². The van der Waals surface area contributed by atoms with Gasteiger partial charge in [-0.15, -0.1) is 11.3 Å². The molecule has 35 heavy (non-hydrogen) atoms. The Bertz CT molecular complexity index is 1350. The summed E-state index contributed by atoms with van der Waals surface area (Å²) in [6.07, 6.45) is 3.16. The Hall–Kier alpha value is -3.32. The maximum Gasteiger partial charge on any atom is 0.250 e. The molecule has 0 unspecified atom stereocenters. The lowest BCUT2D eigenvalue weighted by Crippen LogP contribution is -2.07. The second kappa shape index (κ2) is 11.4. The minimum atomic E-state index is -0.272. The maximum absolute atomic E-state index is 12.5. The molecule has 1 aromatic heterocycles. The Labute approximate surface area is 218 Å². The number of benzene rings is 3. The van der Waals surface area contributed by atoms with E-state index in [1.807, 2.05) is 43.3 Å². The first kappa shape index (κ1) is 24.8. The van der Waals surface area contributed by atoms with Crippen molar-refractivity contribution in [2.45, 2.75) is 13.5 Å². The van der Waals surface area contributed by atoms with E-state index in [1.165, 1.54) is 17.4 Å². The highest BCUT2D eigenvalue weighted by Crippen LogP contribution is 2.32. The van der Waals surface area contributed by atoms with E-state index < -0.39 is 0 Å². The molecule has 5 nitrogen and oxygen atoms in total. The number of ether oxygens (including phenoxy) is 2. The molecular weight excluding hydrogens is 503 g/mol. The van der Waals surface area contributed by atoms with Gasteiger partial charge in [-0.2, -0.15) is 0 Å². The zero-order chi connectivity index (χ0) is 24.8. The highest BCUT2D eigenvalue weighted by molar-refractivity contribution is 7.16. The van der Waals surface area contributed by atoms with Gasteiger partial charge in [0.2, 0.25) is 5.91 Å². The topological polar surface area (TPSA) is 60.5 Å². The molecule has 1 heterocycles. The fourth-order valence-corrected chi connectivity index (χ4v) is 4.71. The average molecular weight is 525 g/mol. The average Bonchev–Trinajstić information content (AvgIpc) is 3.23. The van der Waals surface area contributed by atoms with Crippen molar-refractivity contribution < 1.29 is 14.3 Å². The van der Waals surface area contributed by atoms with Crippen molar-refractivity contribution in [1.82, 2.24) is 4.98 Å². The first-order valence-electron chi connectivity index (χ1n) is 10.7. The van der Waals surface area contributed by atoms with E-state index in [-0.39, 0.29) is 12.5 Å². The molecule has 0 bridgehead atoms. The van der Waals surface area contributed by atoms with Crippen LogP contribution >= 0.6 is 34.5 Å². The van der Waals surface area contributed by atoms with Crippen LogP contribution in [0.4, 0.5) is 5.13 Å². The third-order valence-corrected chi connectivity index (χ3v) is 6.72. The predicted molar refractivity (Wildman–Crippen MR) is 144 cm³/mol. The lowest BCUT2D eigenvalue weighted by atomic mass is 10.1.